The number of rotatable bonds is 5. The first-order chi connectivity index (χ1) is 12.7. The monoisotopic (exact) mass is 346 g/mol. The maximum absolute atomic E-state index is 13.3. The van der Waals surface area contributed by atoms with E-state index in [0.29, 0.717) is 17.4 Å². The Kier molecular flexibility index (Phi) is 4.52. The standard InChI is InChI=1S/C21H22N4O/c1-16(17-8-3-2-4-9-17)25(20-12-5-6-13-22-20)21(26)18-14-23-24(15-18)19-10-7-11-19/h2-6,8-9,12-16,19H,7,10-11H2,1H3/t16-/m0/s1. The van der Waals surface area contributed by atoms with E-state index < -0.39 is 0 Å². The third-order valence-corrected chi connectivity index (χ3v) is 5.08. The Labute approximate surface area is 153 Å². The van der Waals surface area contributed by atoms with Crippen LogP contribution in [0.2, 0.25) is 0 Å². The first-order valence-corrected chi connectivity index (χ1v) is 9.08. The number of amides is 1. The molecular formula is C21H22N4O. The van der Waals surface area contributed by atoms with Gasteiger partial charge in [-0.05, 0) is 43.9 Å². The van der Waals surface area contributed by atoms with Gasteiger partial charge < -0.3 is 0 Å². The lowest BCUT2D eigenvalue weighted by atomic mass is 9.93. The molecule has 0 bridgehead atoms. The Hall–Kier alpha value is -2.95. The molecule has 1 amide bonds. The van der Waals surface area contributed by atoms with Crippen LogP contribution in [-0.2, 0) is 0 Å². The van der Waals surface area contributed by atoms with Crippen molar-refractivity contribution in [2.45, 2.75) is 38.3 Å². The Balaban J connectivity index is 1.68. The van der Waals surface area contributed by atoms with Gasteiger partial charge in [0.1, 0.15) is 5.82 Å². The summed E-state index contributed by atoms with van der Waals surface area (Å²) in [6.45, 7) is 2.03. The number of aromatic nitrogens is 3. The highest BCUT2D eigenvalue weighted by Crippen LogP contribution is 2.32. The second-order valence-electron chi connectivity index (χ2n) is 6.74. The summed E-state index contributed by atoms with van der Waals surface area (Å²) in [6.07, 6.45) is 8.78. The van der Waals surface area contributed by atoms with Crippen molar-refractivity contribution >= 4 is 11.7 Å². The van der Waals surface area contributed by atoms with Crippen LogP contribution in [0.1, 0.15) is 54.2 Å². The van der Waals surface area contributed by atoms with Crippen LogP contribution in [0.15, 0.2) is 67.1 Å². The molecule has 1 aromatic carbocycles. The van der Waals surface area contributed by atoms with Gasteiger partial charge in [-0.25, -0.2) is 4.98 Å². The summed E-state index contributed by atoms with van der Waals surface area (Å²) in [6, 6.07) is 15.9. The van der Waals surface area contributed by atoms with Gasteiger partial charge >= 0.3 is 0 Å². The highest BCUT2D eigenvalue weighted by molar-refractivity contribution is 6.05. The van der Waals surface area contributed by atoms with Crippen molar-refractivity contribution < 1.29 is 4.79 Å². The third kappa shape index (κ3) is 3.12. The molecule has 0 aliphatic heterocycles. The Morgan fingerprint density at radius 1 is 1.15 bits per heavy atom. The van der Waals surface area contributed by atoms with E-state index in [-0.39, 0.29) is 11.9 Å². The molecule has 5 heteroatoms. The van der Waals surface area contributed by atoms with Crippen LogP contribution in [0.4, 0.5) is 5.82 Å². The zero-order chi connectivity index (χ0) is 17.9. The predicted octanol–water partition coefficient (Wildman–Crippen LogP) is 4.41. The summed E-state index contributed by atoms with van der Waals surface area (Å²) in [5, 5.41) is 4.42. The van der Waals surface area contributed by atoms with Crippen LogP contribution in [0.25, 0.3) is 0 Å². The van der Waals surface area contributed by atoms with Gasteiger partial charge in [0.2, 0.25) is 0 Å². The predicted molar refractivity (Wildman–Crippen MR) is 101 cm³/mol. The zero-order valence-corrected chi connectivity index (χ0v) is 14.8. The minimum Gasteiger partial charge on any atom is -0.285 e. The number of hydrogen-bond acceptors (Lipinski definition) is 3. The third-order valence-electron chi connectivity index (χ3n) is 5.08. The lowest BCUT2D eigenvalue weighted by Crippen LogP contribution is -2.34. The molecule has 1 aliphatic carbocycles. The first kappa shape index (κ1) is 16.5. The van der Waals surface area contributed by atoms with E-state index in [9.17, 15) is 4.79 Å². The number of anilines is 1. The number of hydrogen-bond donors (Lipinski definition) is 0. The van der Waals surface area contributed by atoms with Crippen molar-refractivity contribution in [2.75, 3.05) is 4.90 Å². The van der Waals surface area contributed by atoms with Gasteiger partial charge in [-0.3, -0.25) is 14.4 Å². The molecule has 0 spiro atoms. The summed E-state index contributed by atoms with van der Waals surface area (Å²) in [5.74, 6) is 0.566. The Bertz CT molecular complexity index is 871. The summed E-state index contributed by atoms with van der Waals surface area (Å²) >= 11 is 0. The topological polar surface area (TPSA) is 51.0 Å². The van der Waals surface area contributed by atoms with Crippen molar-refractivity contribution in [1.82, 2.24) is 14.8 Å². The van der Waals surface area contributed by atoms with E-state index in [1.165, 1.54) is 6.42 Å². The average molecular weight is 346 g/mol. The molecule has 0 N–H and O–H groups in total. The minimum atomic E-state index is -0.134. The lowest BCUT2D eigenvalue weighted by Gasteiger charge is -2.28. The average Bonchev–Trinajstić information content (AvgIpc) is 3.11. The second-order valence-corrected chi connectivity index (χ2v) is 6.74. The molecule has 1 atom stereocenters. The van der Waals surface area contributed by atoms with E-state index in [0.717, 1.165) is 18.4 Å². The molecular weight excluding hydrogens is 324 g/mol. The summed E-state index contributed by atoms with van der Waals surface area (Å²) < 4.78 is 1.93. The lowest BCUT2D eigenvalue weighted by molar-refractivity contribution is 0.0977. The second kappa shape index (κ2) is 7.12. The number of nitrogens with zero attached hydrogens (tertiary/aromatic N) is 4. The number of carbonyl (C=O) groups is 1. The molecule has 3 aromatic rings. The molecule has 4 rings (SSSR count). The van der Waals surface area contributed by atoms with Crippen LogP contribution in [0.5, 0.6) is 0 Å². The summed E-state index contributed by atoms with van der Waals surface area (Å²) in [7, 11) is 0. The van der Waals surface area contributed by atoms with E-state index in [2.05, 4.69) is 10.1 Å². The van der Waals surface area contributed by atoms with Crippen molar-refractivity contribution in [2.24, 2.45) is 0 Å². The van der Waals surface area contributed by atoms with E-state index in [1.807, 2.05) is 66.3 Å². The summed E-state index contributed by atoms with van der Waals surface area (Å²) in [4.78, 5) is 19.5. The molecule has 0 radical (unpaired) electrons. The molecule has 1 fully saturated rings. The molecule has 2 heterocycles. The van der Waals surface area contributed by atoms with Crippen LogP contribution in [-0.4, -0.2) is 20.7 Å². The molecule has 132 valence electrons. The maximum Gasteiger partial charge on any atom is 0.263 e. The van der Waals surface area contributed by atoms with Gasteiger partial charge in [0.15, 0.2) is 0 Å². The van der Waals surface area contributed by atoms with Crippen LogP contribution in [0.3, 0.4) is 0 Å². The smallest absolute Gasteiger partial charge is 0.263 e. The van der Waals surface area contributed by atoms with Gasteiger partial charge in [-0.1, -0.05) is 36.4 Å². The minimum absolute atomic E-state index is 0.0781. The fraction of sp³-hybridized carbons (Fsp3) is 0.286. The van der Waals surface area contributed by atoms with Gasteiger partial charge in [0.05, 0.1) is 23.8 Å². The number of benzene rings is 1. The van der Waals surface area contributed by atoms with E-state index in [4.69, 9.17) is 0 Å². The number of pyridine rings is 1. The number of carbonyl (C=O) groups excluding carboxylic acids is 1. The fourth-order valence-corrected chi connectivity index (χ4v) is 3.29. The summed E-state index contributed by atoms with van der Waals surface area (Å²) in [5.41, 5.74) is 1.67. The van der Waals surface area contributed by atoms with Crippen molar-refractivity contribution in [3.63, 3.8) is 0 Å². The van der Waals surface area contributed by atoms with Crippen LogP contribution >= 0.6 is 0 Å². The molecule has 5 nitrogen and oxygen atoms in total. The van der Waals surface area contributed by atoms with Gasteiger partial charge in [0, 0.05) is 12.4 Å². The van der Waals surface area contributed by atoms with Gasteiger partial charge in [-0.2, -0.15) is 5.10 Å². The molecule has 26 heavy (non-hydrogen) atoms. The van der Waals surface area contributed by atoms with Crippen molar-refractivity contribution in [3.8, 4) is 0 Å². The largest absolute Gasteiger partial charge is 0.285 e. The SMILES string of the molecule is C[C@@H](c1ccccc1)N(C(=O)c1cnn(C2CCC2)c1)c1ccccn1. The highest BCUT2D eigenvalue weighted by Gasteiger charge is 2.28. The Morgan fingerprint density at radius 2 is 1.92 bits per heavy atom. The molecule has 0 unspecified atom stereocenters. The molecule has 1 saturated carbocycles. The van der Waals surface area contributed by atoms with Gasteiger partial charge in [-0.15, -0.1) is 0 Å². The normalized spacial score (nSPS) is 15.3. The van der Waals surface area contributed by atoms with Crippen LogP contribution < -0.4 is 4.90 Å². The molecule has 0 saturated heterocycles. The zero-order valence-electron chi connectivity index (χ0n) is 14.8. The van der Waals surface area contributed by atoms with E-state index in [1.54, 1.807) is 17.3 Å². The van der Waals surface area contributed by atoms with Crippen LogP contribution in [0, 0.1) is 0 Å². The maximum atomic E-state index is 13.3. The molecule has 2 aromatic heterocycles. The van der Waals surface area contributed by atoms with Gasteiger partial charge in [0.25, 0.3) is 5.91 Å². The quantitative estimate of drug-likeness (QED) is 0.687. The fourth-order valence-electron chi connectivity index (χ4n) is 3.29. The van der Waals surface area contributed by atoms with Crippen molar-refractivity contribution in [1.29, 1.82) is 0 Å². The van der Waals surface area contributed by atoms with Crippen molar-refractivity contribution in [3.05, 3.63) is 78.2 Å². The molecule has 1 aliphatic rings. The highest BCUT2D eigenvalue weighted by atomic mass is 16.2. The van der Waals surface area contributed by atoms with E-state index >= 15 is 0 Å². The first-order valence-electron chi connectivity index (χ1n) is 9.08. The Morgan fingerprint density at radius 3 is 2.58 bits per heavy atom.